The Morgan fingerprint density at radius 3 is 2.71 bits per heavy atom. The van der Waals surface area contributed by atoms with Gasteiger partial charge in [0.05, 0.1) is 16.5 Å². The second kappa shape index (κ2) is 7.71. The average molecular weight is 419 g/mol. The number of aromatic nitrogens is 2. The third kappa shape index (κ3) is 3.60. The number of anilines is 1. The molecule has 0 radical (unpaired) electrons. The summed E-state index contributed by atoms with van der Waals surface area (Å²) in [4.78, 5) is 45.2. The monoisotopic (exact) mass is 418 g/mol. The van der Waals surface area contributed by atoms with Crippen LogP contribution in [-0.4, -0.2) is 27.0 Å². The van der Waals surface area contributed by atoms with E-state index in [9.17, 15) is 14.4 Å². The van der Waals surface area contributed by atoms with Gasteiger partial charge in [-0.15, -0.1) is 11.3 Å². The molecule has 0 saturated heterocycles. The molecular formula is C19H22N4O3S2. The Bertz CT molecular complexity index is 1010. The molecule has 0 saturated carbocycles. The molecule has 0 spiro atoms. The lowest BCUT2D eigenvalue weighted by molar-refractivity contribution is -0.115. The summed E-state index contributed by atoms with van der Waals surface area (Å²) in [7, 11) is 0. The minimum Gasteiger partial charge on any atom is -0.365 e. The van der Waals surface area contributed by atoms with Crippen LogP contribution >= 0.6 is 23.1 Å². The minimum absolute atomic E-state index is 0.112. The Morgan fingerprint density at radius 2 is 1.93 bits per heavy atom. The van der Waals surface area contributed by atoms with Crippen LogP contribution in [0, 0.1) is 0 Å². The van der Waals surface area contributed by atoms with E-state index in [1.807, 2.05) is 0 Å². The Morgan fingerprint density at radius 1 is 1.18 bits per heavy atom. The molecule has 0 bridgehead atoms. The van der Waals surface area contributed by atoms with E-state index in [0.29, 0.717) is 15.7 Å². The summed E-state index contributed by atoms with van der Waals surface area (Å²) in [5.74, 6) is -0.742. The number of hydrogen-bond acceptors (Lipinski definition) is 6. The van der Waals surface area contributed by atoms with Crippen LogP contribution in [0.4, 0.5) is 5.00 Å². The second-order valence-electron chi connectivity index (χ2n) is 7.18. The molecule has 0 aliphatic heterocycles. The normalized spacial score (nSPS) is 16.3. The van der Waals surface area contributed by atoms with Gasteiger partial charge in [-0.3, -0.25) is 14.4 Å². The molecule has 2 aromatic rings. The third-order valence-electron chi connectivity index (χ3n) is 5.23. The lowest BCUT2D eigenvalue weighted by atomic mass is 9.95. The number of amides is 2. The van der Waals surface area contributed by atoms with Gasteiger partial charge in [0, 0.05) is 10.4 Å². The van der Waals surface area contributed by atoms with Crippen molar-refractivity contribution in [3.8, 4) is 0 Å². The van der Waals surface area contributed by atoms with Crippen LogP contribution < -0.4 is 16.6 Å². The summed E-state index contributed by atoms with van der Waals surface area (Å²) < 4.78 is 0. The third-order valence-corrected chi connectivity index (χ3v) is 7.42. The topological polar surface area (TPSA) is 118 Å². The van der Waals surface area contributed by atoms with Gasteiger partial charge in [0.25, 0.3) is 11.5 Å². The van der Waals surface area contributed by atoms with Crippen molar-refractivity contribution in [3.63, 3.8) is 0 Å². The van der Waals surface area contributed by atoms with Crippen molar-refractivity contribution in [2.75, 3.05) is 5.32 Å². The molecule has 0 aromatic carbocycles. The first-order valence-electron chi connectivity index (χ1n) is 9.48. The largest absolute Gasteiger partial charge is 0.365 e. The van der Waals surface area contributed by atoms with Crippen molar-refractivity contribution in [2.45, 2.75) is 62.3 Å². The Labute approximate surface area is 170 Å². The highest BCUT2D eigenvalue weighted by Gasteiger charge is 2.27. The first-order valence-corrected chi connectivity index (χ1v) is 11.2. The number of nitrogens with one attached hydrogen (secondary N) is 2. The number of carbonyl (C=O) groups excluding carboxylic acids is 2. The summed E-state index contributed by atoms with van der Waals surface area (Å²) in [5.41, 5.74) is 8.51. The lowest BCUT2D eigenvalue weighted by Gasteiger charge is -2.12. The first kappa shape index (κ1) is 19.2. The molecule has 0 fully saturated rings. The second-order valence-corrected chi connectivity index (χ2v) is 9.61. The number of nitrogens with zero attached hydrogens (tertiary/aromatic N) is 1. The van der Waals surface area contributed by atoms with Gasteiger partial charge in [-0.05, 0) is 57.4 Å². The van der Waals surface area contributed by atoms with Gasteiger partial charge in [-0.1, -0.05) is 11.8 Å². The molecule has 148 valence electrons. The van der Waals surface area contributed by atoms with Crippen LogP contribution in [0.5, 0.6) is 0 Å². The van der Waals surface area contributed by atoms with Gasteiger partial charge in [0.15, 0.2) is 5.16 Å². The van der Waals surface area contributed by atoms with Gasteiger partial charge in [-0.2, -0.15) is 0 Å². The van der Waals surface area contributed by atoms with Gasteiger partial charge in [0.2, 0.25) is 5.91 Å². The molecule has 7 nitrogen and oxygen atoms in total. The molecule has 2 heterocycles. The van der Waals surface area contributed by atoms with Crippen molar-refractivity contribution < 1.29 is 9.59 Å². The van der Waals surface area contributed by atoms with Crippen LogP contribution in [0.1, 0.15) is 58.2 Å². The van der Waals surface area contributed by atoms with Crippen LogP contribution in [0.3, 0.4) is 0 Å². The zero-order chi connectivity index (χ0) is 19.8. The SMILES string of the molecule is CC(Sc1nc2c(c(=O)[nH]1)CCC2)C(=O)Nc1sc2c(c1C(N)=O)CCCC2. The van der Waals surface area contributed by atoms with E-state index in [1.165, 1.54) is 23.1 Å². The van der Waals surface area contributed by atoms with Gasteiger partial charge in [-0.25, -0.2) is 4.98 Å². The van der Waals surface area contributed by atoms with Crippen LogP contribution in [0.15, 0.2) is 9.95 Å². The van der Waals surface area contributed by atoms with E-state index in [0.717, 1.165) is 66.6 Å². The van der Waals surface area contributed by atoms with Gasteiger partial charge in [0.1, 0.15) is 5.00 Å². The first-order chi connectivity index (χ1) is 13.4. The summed E-state index contributed by atoms with van der Waals surface area (Å²) in [6.07, 6.45) is 6.36. The molecule has 1 atom stereocenters. The van der Waals surface area contributed by atoms with Crippen molar-refractivity contribution in [3.05, 3.63) is 37.6 Å². The number of primary amides is 1. The summed E-state index contributed by atoms with van der Waals surface area (Å²) >= 11 is 2.66. The summed E-state index contributed by atoms with van der Waals surface area (Å²) in [6.45, 7) is 1.75. The molecule has 2 aromatic heterocycles. The van der Waals surface area contributed by atoms with E-state index in [4.69, 9.17) is 5.73 Å². The Kier molecular flexibility index (Phi) is 5.29. The zero-order valence-corrected chi connectivity index (χ0v) is 17.2. The van der Waals surface area contributed by atoms with E-state index in [1.54, 1.807) is 6.92 Å². The van der Waals surface area contributed by atoms with Crippen molar-refractivity contribution in [1.29, 1.82) is 0 Å². The Balaban J connectivity index is 1.51. The summed E-state index contributed by atoms with van der Waals surface area (Å²) in [5, 5.41) is 3.38. The number of H-pyrrole nitrogens is 1. The molecule has 2 aliphatic carbocycles. The van der Waals surface area contributed by atoms with E-state index >= 15 is 0 Å². The quantitative estimate of drug-likeness (QED) is 0.509. The minimum atomic E-state index is -0.500. The smallest absolute Gasteiger partial charge is 0.254 e. The Hall–Kier alpha value is -2.13. The fourth-order valence-electron chi connectivity index (χ4n) is 3.82. The van der Waals surface area contributed by atoms with Gasteiger partial charge >= 0.3 is 0 Å². The molecule has 28 heavy (non-hydrogen) atoms. The zero-order valence-electron chi connectivity index (χ0n) is 15.6. The number of fused-ring (bicyclic) bond motifs is 2. The lowest BCUT2D eigenvalue weighted by Crippen LogP contribution is -2.25. The molecule has 2 aliphatic rings. The molecule has 9 heteroatoms. The van der Waals surface area contributed by atoms with Crippen LogP contribution in [-0.2, 0) is 30.5 Å². The molecule has 1 unspecified atom stereocenters. The van der Waals surface area contributed by atoms with E-state index in [2.05, 4.69) is 15.3 Å². The van der Waals surface area contributed by atoms with Crippen LogP contribution in [0.2, 0.25) is 0 Å². The number of thiophene rings is 1. The van der Waals surface area contributed by atoms with E-state index in [-0.39, 0.29) is 11.5 Å². The number of aromatic amines is 1. The van der Waals surface area contributed by atoms with Gasteiger partial charge < -0.3 is 16.0 Å². The molecule has 4 N–H and O–H groups in total. The van der Waals surface area contributed by atoms with Crippen molar-refractivity contribution >= 4 is 39.9 Å². The maximum absolute atomic E-state index is 12.7. The summed E-state index contributed by atoms with van der Waals surface area (Å²) in [6, 6.07) is 0. The predicted molar refractivity (Wildman–Crippen MR) is 110 cm³/mol. The van der Waals surface area contributed by atoms with Crippen molar-refractivity contribution in [1.82, 2.24) is 9.97 Å². The van der Waals surface area contributed by atoms with E-state index < -0.39 is 11.2 Å². The maximum atomic E-state index is 12.7. The number of hydrogen-bond donors (Lipinski definition) is 3. The molecular weight excluding hydrogens is 396 g/mol. The number of nitrogens with two attached hydrogens (primary N) is 1. The molecule has 2 amide bonds. The predicted octanol–water partition coefficient (Wildman–Crippen LogP) is 2.42. The molecule has 4 rings (SSSR count). The highest BCUT2D eigenvalue weighted by molar-refractivity contribution is 8.00. The maximum Gasteiger partial charge on any atom is 0.254 e. The fraction of sp³-hybridized carbons (Fsp3) is 0.474. The number of rotatable bonds is 5. The average Bonchev–Trinajstić information content (AvgIpc) is 3.25. The highest BCUT2D eigenvalue weighted by Crippen LogP contribution is 2.38. The number of aryl methyl sites for hydroxylation is 2. The highest BCUT2D eigenvalue weighted by atomic mass is 32.2. The number of thioether (sulfide) groups is 1. The number of carbonyl (C=O) groups is 2. The fourth-order valence-corrected chi connectivity index (χ4v) is 5.94. The standard InChI is InChI=1S/C19H22N4O3S2/c1-9(27-19-21-12-7-4-6-10(12)17(26)23-19)16(25)22-18-14(15(20)24)11-5-2-3-8-13(11)28-18/h9H,2-8H2,1H3,(H2,20,24)(H,22,25)(H,21,23,26). The van der Waals surface area contributed by atoms with Crippen LogP contribution in [0.25, 0.3) is 0 Å². The van der Waals surface area contributed by atoms with Crippen molar-refractivity contribution in [2.24, 2.45) is 5.73 Å².